The summed E-state index contributed by atoms with van der Waals surface area (Å²) in [7, 11) is 3.60. The minimum absolute atomic E-state index is 0.127. The van der Waals surface area contributed by atoms with Crippen LogP contribution in [-0.4, -0.2) is 102 Å². The Bertz CT molecular complexity index is 1400. The van der Waals surface area contributed by atoms with E-state index in [1.54, 1.807) is 24.1 Å². The molecule has 2 aromatic carbocycles. The van der Waals surface area contributed by atoms with E-state index in [0.29, 0.717) is 31.0 Å². The fourth-order valence-corrected chi connectivity index (χ4v) is 5.28. The van der Waals surface area contributed by atoms with Crippen molar-refractivity contribution in [3.05, 3.63) is 72.4 Å². The molecule has 0 radical (unpaired) electrons. The van der Waals surface area contributed by atoms with Crippen molar-refractivity contribution in [2.75, 3.05) is 64.0 Å². The van der Waals surface area contributed by atoms with E-state index in [1.807, 2.05) is 73.5 Å². The molecular formula is C35H47N7O4. The zero-order chi connectivity index (χ0) is 32.7. The van der Waals surface area contributed by atoms with Gasteiger partial charge < -0.3 is 24.8 Å². The van der Waals surface area contributed by atoms with Crippen molar-refractivity contribution in [2.45, 2.75) is 51.6 Å². The Morgan fingerprint density at radius 2 is 1.63 bits per heavy atom. The van der Waals surface area contributed by atoms with Crippen molar-refractivity contribution in [3.8, 4) is 11.1 Å². The first kappa shape index (κ1) is 34.4. The summed E-state index contributed by atoms with van der Waals surface area (Å²) in [5.41, 5.74) is 3.05. The highest BCUT2D eigenvalue weighted by atomic mass is 16.6. The molecule has 1 saturated heterocycles. The normalized spacial score (nSPS) is 13.5. The van der Waals surface area contributed by atoms with Gasteiger partial charge in [-0.15, -0.1) is 10.2 Å². The molecule has 0 aliphatic carbocycles. The molecule has 0 unspecified atom stereocenters. The third kappa shape index (κ3) is 10.5. The SMILES string of the molecule is CCN(C)C(=O)c1ccc(NCCCCCC(=O)N(C)CCN2CCC(OC(=O)Nc3ccccc3-c3ccccc3)CC2)nn1. The predicted octanol–water partition coefficient (Wildman–Crippen LogP) is 5.38. The number of benzene rings is 2. The molecular weight excluding hydrogens is 582 g/mol. The van der Waals surface area contributed by atoms with Crippen LogP contribution < -0.4 is 10.6 Å². The summed E-state index contributed by atoms with van der Waals surface area (Å²) in [4.78, 5) is 43.2. The van der Waals surface area contributed by atoms with Gasteiger partial charge >= 0.3 is 6.09 Å². The molecule has 11 heteroatoms. The number of unbranched alkanes of at least 4 members (excludes halogenated alkanes) is 2. The quantitative estimate of drug-likeness (QED) is 0.215. The Labute approximate surface area is 272 Å². The van der Waals surface area contributed by atoms with Gasteiger partial charge in [0, 0.05) is 65.3 Å². The molecule has 1 aromatic heterocycles. The summed E-state index contributed by atoms with van der Waals surface area (Å²) in [5.74, 6) is 0.644. The molecule has 0 spiro atoms. The number of amides is 3. The Balaban J connectivity index is 1.06. The number of carbonyl (C=O) groups is 3. The van der Waals surface area contributed by atoms with Crippen LogP contribution in [0, 0.1) is 0 Å². The molecule has 1 aliphatic rings. The van der Waals surface area contributed by atoms with Gasteiger partial charge in [0.05, 0.1) is 5.69 Å². The maximum absolute atomic E-state index is 12.7. The van der Waals surface area contributed by atoms with Crippen molar-refractivity contribution in [3.63, 3.8) is 0 Å². The number of hydrogen-bond acceptors (Lipinski definition) is 8. The summed E-state index contributed by atoms with van der Waals surface area (Å²) < 4.78 is 5.75. The first-order valence-corrected chi connectivity index (χ1v) is 16.3. The molecule has 0 bridgehead atoms. The molecule has 3 aromatic rings. The highest BCUT2D eigenvalue weighted by Crippen LogP contribution is 2.28. The van der Waals surface area contributed by atoms with Gasteiger partial charge in [0.25, 0.3) is 5.91 Å². The van der Waals surface area contributed by atoms with Crippen LogP contribution in [0.1, 0.15) is 55.9 Å². The molecule has 1 fully saturated rings. The number of aromatic nitrogens is 2. The van der Waals surface area contributed by atoms with Crippen LogP contribution in [0.3, 0.4) is 0 Å². The average molecular weight is 630 g/mol. The Kier molecular flexibility index (Phi) is 13.3. The van der Waals surface area contributed by atoms with Crippen LogP contribution in [0.25, 0.3) is 11.1 Å². The van der Waals surface area contributed by atoms with Gasteiger partial charge in [-0.25, -0.2) is 4.79 Å². The minimum atomic E-state index is -0.432. The number of ether oxygens (including phenoxy) is 1. The molecule has 0 saturated carbocycles. The number of para-hydroxylation sites is 1. The fourth-order valence-electron chi connectivity index (χ4n) is 5.28. The molecule has 46 heavy (non-hydrogen) atoms. The lowest BCUT2D eigenvalue weighted by Crippen LogP contribution is -2.42. The highest BCUT2D eigenvalue weighted by molar-refractivity contribution is 5.92. The van der Waals surface area contributed by atoms with Crippen LogP contribution in [0.4, 0.5) is 16.3 Å². The van der Waals surface area contributed by atoms with E-state index in [2.05, 4.69) is 25.7 Å². The lowest BCUT2D eigenvalue weighted by atomic mass is 10.0. The monoisotopic (exact) mass is 629 g/mol. The molecule has 246 valence electrons. The summed E-state index contributed by atoms with van der Waals surface area (Å²) in [5, 5.41) is 14.3. The van der Waals surface area contributed by atoms with Gasteiger partial charge in [-0.05, 0) is 56.4 Å². The minimum Gasteiger partial charge on any atom is -0.446 e. The van der Waals surface area contributed by atoms with E-state index < -0.39 is 6.09 Å². The maximum atomic E-state index is 12.7. The van der Waals surface area contributed by atoms with Crippen LogP contribution in [0.5, 0.6) is 0 Å². The number of rotatable bonds is 15. The first-order valence-electron chi connectivity index (χ1n) is 16.3. The third-order valence-electron chi connectivity index (χ3n) is 8.31. The number of likely N-dealkylation sites (tertiary alicyclic amines) is 1. The number of hydrogen-bond donors (Lipinski definition) is 2. The van der Waals surface area contributed by atoms with Gasteiger partial charge in [-0.2, -0.15) is 0 Å². The van der Waals surface area contributed by atoms with Crippen LogP contribution in [0.15, 0.2) is 66.7 Å². The van der Waals surface area contributed by atoms with Gasteiger partial charge in [0.1, 0.15) is 11.9 Å². The molecule has 0 atom stereocenters. The fraction of sp³-hybridized carbons (Fsp3) is 0.457. The number of carbonyl (C=O) groups excluding carboxylic acids is 3. The number of nitrogens with one attached hydrogen (secondary N) is 2. The average Bonchev–Trinajstić information content (AvgIpc) is 3.09. The predicted molar refractivity (Wildman–Crippen MR) is 181 cm³/mol. The Morgan fingerprint density at radius 1 is 0.891 bits per heavy atom. The van der Waals surface area contributed by atoms with Gasteiger partial charge in [-0.3, -0.25) is 14.9 Å². The zero-order valence-electron chi connectivity index (χ0n) is 27.3. The summed E-state index contributed by atoms with van der Waals surface area (Å²) in [6.45, 7) is 6.38. The second-order valence-electron chi connectivity index (χ2n) is 11.7. The first-order chi connectivity index (χ1) is 22.3. The maximum Gasteiger partial charge on any atom is 0.411 e. The molecule has 4 rings (SSSR count). The number of likely N-dealkylation sites (N-methyl/N-ethyl adjacent to an activating group) is 1. The van der Waals surface area contributed by atoms with E-state index in [4.69, 9.17) is 4.74 Å². The molecule has 2 N–H and O–H groups in total. The standard InChI is InChI=1S/C35H47N7O4/c1-4-40(2)34(44)31-18-19-32(39-38-31)36-22-12-6-9-17-33(43)41(3)25-26-42-23-20-28(21-24-42)46-35(45)37-30-16-11-10-15-29(30)27-13-7-5-8-14-27/h5,7-8,10-11,13-16,18-19,28H,4,6,9,12,17,20-26H2,1-3H3,(H,36,39)(H,37,45). The van der Waals surface area contributed by atoms with Crippen molar-refractivity contribution >= 4 is 29.4 Å². The summed E-state index contributed by atoms with van der Waals surface area (Å²) in [6.07, 6.45) is 4.16. The Morgan fingerprint density at radius 3 is 2.35 bits per heavy atom. The summed E-state index contributed by atoms with van der Waals surface area (Å²) >= 11 is 0. The lowest BCUT2D eigenvalue weighted by molar-refractivity contribution is -0.130. The van der Waals surface area contributed by atoms with E-state index in [9.17, 15) is 14.4 Å². The number of nitrogens with zero attached hydrogens (tertiary/aromatic N) is 5. The molecule has 11 nitrogen and oxygen atoms in total. The van der Waals surface area contributed by atoms with Crippen molar-refractivity contribution in [1.29, 1.82) is 0 Å². The van der Waals surface area contributed by atoms with Crippen LogP contribution in [-0.2, 0) is 9.53 Å². The topological polar surface area (TPSA) is 120 Å². The van der Waals surface area contributed by atoms with E-state index in [-0.39, 0.29) is 17.9 Å². The van der Waals surface area contributed by atoms with E-state index in [1.165, 1.54) is 0 Å². The zero-order valence-corrected chi connectivity index (χ0v) is 27.3. The van der Waals surface area contributed by atoms with E-state index in [0.717, 1.165) is 75.1 Å². The molecule has 1 aliphatic heterocycles. The highest BCUT2D eigenvalue weighted by Gasteiger charge is 2.23. The van der Waals surface area contributed by atoms with Crippen LogP contribution in [0.2, 0.25) is 0 Å². The van der Waals surface area contributed by atoms with Gasteiger partial charge in [0.15, 0.2) is 5.69 Å². The number of piperidine rings is 1. The van der Waals surface area contributed by atoms with E-state index >= 15 is 0 Å². The molecule has 2 heterocycles. The number of anilines is 2. The van der Waals surface area contributed by atoms with Gasteiger partial charge in [0.2, 0.25) is 5.91 Å². The van der Waals surface area contributed by atoms with Crippen molar-refractivity contribution in [2.24, 2.45) is 0 Å². The smallest absolute Gasteiger partial charge is 0.411 e. The summed E-state index contributed by atoms with van der Waals surface area (Å²) in [6, 6.07) is 21.1. The second-order valence-corrected chi connectivity index (χ2v) is 11.7. The Hall–Kier alpha value is -4.51. The largest absolute Gasteiger partial charge is 0.446 e. The van der Waals surface area contributed by atoms with Crippen molar-refractivity contribution < 1.29 is 19.1 Å². The van der Waals surface area contributed by atoms with Crippen LogP contribution >= 0.6 is 0 Å². The molecule has 3 amide bonds. The third-order valence-corrected chi connectivity index (χ3v) is 8.31. The second kappa shape index (κ2) is 17.8. The lowest BCUT2D eigenvalue weighted by Gasteiger charge is -2.32. The van der Waals surface area contributed by atoms with Gasteiger partial charge in [-0.1, -0.05) is 55.0 Å². The van der Waals surface area contributed by atoms with Crippen molar-refractivity contribution in [1.82, 2.24) is 24.9 Å².